The lowest BCUT2D eigenvalue weighted by atomic mass is 9.68. The van der Waals surface area contributed by atoms with Gasteiger partial charge in [0.15, 0.2) is 16.1 Å². The maximum atomic E-state index is 14.6. The summed E-state index contributed by atoms with van der Waals surface area (Å²) in [6, 6.07) is 3.48. The largest absolute Gasteiger partial charge is 0.459 e. The second kappa shape index (κ2) is 24.5. The minimum absolute atomic E-state index is 0.0787. The number of carbonyl (C=O) groups is 1. The molecular weight excluding hydrogens is 958 g/mol. The molecule has 1 aromatic carbocycles. The monoisotopic (exact) mass is 1040 g/mol. The van der Waals surface area contributed by atoms with Gasteiger partial charge in [-0.1, -0.05) is 45.0 Å². The Morgan fingerprint density at radius 2 is 1.68 bits per heavy atom. The van der Waals surface area contributed by atoms with Crippen molar-refractivity contribution in [1.29, 1.82) is 0 Å². The topological polar surface area (TPSA) is 256 Å². The molecule has 3 aliphatic heterocycles. The number of aliphatic hydroxyl groups excluding tert-OH is 4. The Balaban J connectivity index is 1.39. The first-order valence-electron chi connectivity index (χ1n) is 25.5. The Morgan fingerprint density at radius 1 is 1.03 bits per heavy atom. The van der Waals surface area contributed by atoms with Crippen molar-refractivity contribution in [3.63, 3.8) is 0 Å². The lowest BCUT2D eigenvalue weighted by molar-refractivity contribution is -0.290. The van der Waals surface area contributed by atoms with Crippen LogP contribution in [0, 0.1) is 23.7 Å². The first kappa shape index (κ1) is 60.1. The number of benzene rings is 1. The molecular formula is C51H86FN5O14S. The number of ether oxygens (including phenoxy) is 5. The van der Waals surface area contributed by atoms with Crippen LogP contribution in [0.25, 0.3) is 0 Å². The summed E-state index contributed by atoms with van der Waals surface area (Å²) in [6.07, 6.45) is -5.03. The summed E-state index contributed by atoms with van der Waals surface area (Å²) < 4.78 is 71.2. The average molecular weight is 1040 g/mol. The van der Waals surface area contributed by atoms with Crippen LogP contribution in [-0.2, 0) is 44.7 Å². The third-order valence-corrected chi connectivity index (χ3v) is 17.4. The summed E-state index contributed by atoms with van der Waals surface area (Å²) in [4.78, 5) is 18.6. The van der Waals surface area contributed by atoms with Crippen LogP contribution in [0.4, 0.5) is 4.39 Å². The number of hydrogen-bond acceptors (Lipinski definition) is 18. The first-order chi connectivity index (χ1) is 33.5. The number of alkyl halides is 1. The lowest BCUT2D eigenvalue weighted by Gasteiger charge is -2.51. The molecule has 21 heteroatoms. The number of aryl methyl sites for hydroxylation is 1. The van der Waals surface area contributed by atoms with Crippen molar-refractivity contribution in [2.24, 2.45) is 23.7 Å². The van der Waals surface area contributed by atoms with Gasteiger partial charge < -0.3 is 64.1 Å². The summed E-state index contributed by atoms with van der Waals surface area (Å²) in [7, 11) is 1.76. The van der Waals surface area contributed by atoms with Crippen LogP contribution in [0.5, 0.6) is 0 Å². The maximum Gasteiger partial charge on any atom is 0.309 e. The predicted octanol–water partition coefficient (Wildman–Crippen LogP) is 3.03. The number of carbonyl (C=O) groups excluding carboxylic acids is 1. The molecule has 1 aromatic heterocycles. The summed E-state index contributed by atoms with van der Waals surface area (Å²) >= 11 is 0. The Kier molecular flexibility index (Phi) is 20.4. The average Bonchev–Trinajstić information content (AvgIpc) is 3.78. The van der Waals surface area contributed by atoms with Crippen LogP contribution in [0.15, 0.2) is 35.4 Å². The number of nitrogens with zero attached hydrogens (tertiary/aromatic N) is 5. The molecule has 19 atom stereocenters. The van der Waals surface area contributed by atoms with Crippen LogP contribution >= 0.6 is 0 Å². The van der Waals surface area contributed by atoms with Crippen molar-refractivity contribution >= 4 is 15.8 Å². The van der Waals surface area contributed by atoms with Crippen LogP contribution in [0.2, 0.25) is 0 Å². The van der Waals surface area contributed by atoms with Gasteiger partial charge in [-0.15, -0.1) is 5.10 Å². The van der Waals surface area contributed by atoms with Crippen LogP contribution in [0.1, 0.15) is 118 Å². The minimum Gasteiger partial charge on any atom is -0.459 e. The molecule has 0 amide bonds. The van der Waals surface area contributed by atoms with Crippen LogP contribution < -0.4 is 0 Å². The molecule has 2 aromatic rings. The van der Waals surface area contributed by atoms with Gasteiger partial charge in [0.05, 0.1) is 52.6 Å². The number of halogens is 1. The second-order valence-corrected chi connectivity index (χ2v) is 24.1. The number of hydrogen-bond donors (Lipinski definition) is 6. The summed E-state index contributed by atoms with van der Waals surface area (Å²) in [5.74, 6) is -3.29. The molecule has 4 heterocycles. The SMILES string of the molecule is CC[C@H]1OC(=O)[C@H](C)[C@@H](C2C[C@@](C)(OC)[C@@H](O)[C@H](C)O2)[C@H](C)[C@@H](O[C@@H]2OCC[C@H](N(C)CCCc3cn([C@H](CF)[C@H](O)c4ccc(S(C)(=O)=O)cc4)nn3)[C@H]2O)[C@](C)(O)C[C@@H](C)CN(C)[C@H](C)[C@@H](O)[C@]1(C)O. The van der Waals surface area contributed by atoms with Crippen molar-refractivity contribution in [3.05, 3.63) is 41.7 Å². The molecule has 5 rings (SSSR count). The number of aliphatic hydroxyl groups is 6. The quantitative estimate of drug-likeness (QED) is 0.140. The highest BCUT2D eigenvalue weighted by atomic mass is 32.2. The van der Waals surface area contributed by atoms with E-state index in [2.05, 4.69) is 10.3 Å². The fraction of sp³-hybridized carbons (Fsp3) is 0.824. The molecule has 0 spiro atoms. The lowest BCUT2D eigenvalue weighted by Crippen LogP contribution is -2.61. The van der Waals surface area contributed by atoms with E-state index in [4.69, 9.17) is 23.7 Å². The van der Waals surface area contributed by atoms with E-state index >= 15 is 0 Å². The van der Waals surface area contributed by atoms with Gasteiger partial charge in [0, 0.05) is 50.5 Å². The van der Waals surface area contributed by atoms with Gasteiger partial charge in [-0.25, -0.2) is 17.5 Å². The van der Waals surface area contributed by atoms with Crippen molar-refractivity contribution < 1.29 is 71.9 Å². The molecule has 3 saturated heterocycles. The van der Waals surface area contributed by atoms with Crippen LogP contribution in [0.3, 0.4) is 0 Å². The third kappa shape index (κ3) is 13.6. The van der Waals surface area contributed by atoms with Gasteiger partial charge in [0.1, 0.15) is 48.8 Å². The first-order valence-corrected chi connectivity index (χ1v) is 27.4. The molecule has 1 unspecified atom stereocenters. The van der Waals surface area contributed by atoms with Gasteiger partial charge in [0.2, 0.25) is 0 Å². The number of likely N-dealkylation sites (N-methyl/N-ethyl adjacent to an activating group) is 2. The van der Waals surface area contributed by atoms with Gasteiger partial charge in [0.25, 0.3) is 0 Å². The zero-order valence-corrected chi connectivity index (χ0v) is 45.5. The van der Waals surface area contributed by atoms with Crippen LogP contribution in [-0.4, -0.2) is 202 Å². The number of rotatable bonds is 15. The Hall–Kier alpha value is -2.77. The van der Waals surface area contributed by atoms with Crippen molar-refractivity contribution in [1.82, 2.24) is 24.8 Å². The predicted molar refractivity (Wildman–Crippen MR) is 265 cm³/mol. The van der Waals surface area contributed by atoms with Crippen molar-refractivity contribution in [3.8, 4) is 0 Å². The minimum atomic E-state index is -3.46. The Labute approximate surface area is 426 Å². The molecule has 0 aliphatic carbocycles. The van der Waals surface area contributed by atoms with E-state index in [0.29, 0.717) is 43.6 Å². The van der Waals surface area contributed by atoms with E-state index in [1.165, 1.54) is 43.0 Å². The summed E-state index contributed by atoms with van der Waals surface area (Å²) in [5.41, 5.74) is -3.65. The molecule has 3 fully saturated rings. The molecule has 0 saturated carbocycles. The zero-order valence-electron chi connectivity index (χ0n) is 44.7. The fourth-order valence-corrected chi connectivity index (χ4v) is 12.3. The highest BCUT2D eigenvalue weighted by Gasteiger charge is 2.55. The Morgan fingerprint density at radius 3 is 2.28 bits per heavy atom. The van der Waals surface area contributed by atoms with E-state index in [1.54, 1.807) is 47.7 Å². The molecule has 72 heavy (non-hydrogen) atoms. The molecule has 3 aliphatic rings. The number of esters is 1. The fourth-order valence-electron chi connectivity index (χ4n) is 11.7. The van der Waals surface area contributed by atoms with E-state index in [1.807, 2.05) is 37.7 Å². The second-order valence-electron chi connectivity index (χ2n) is 22.0. The summed E-state index contributed by atoms with van der Waals surface area (Å²) in [5, 5.41) is 79.1. The van der Waals surface area contributed by atoms with Gasteiger partial charge in [-0.3, -0.25) is 4.79 Å². The van der Waals surface area contributed by atoms with Crippen molar-refractivity contribution in [2.45, 2.75) is 196 Å². The molecule has 0 radical (unpaired) electrons. The van der Waals surface area contributed by atoms with E-state index < -0.39 is 130 Å². The van der Waals surface area contributed by atoms with E-state index in [0.717, 1.165) is 6.26 Å². The zero-order chi connectivity index (χ0) is 53.8. The third-order valence-electron chi connectivity index (χ3n) is 16.2. The standard InChI is InChI=1S/C51H86FN5O14S/c1-14-40-51(9,64)44(60)32(5)56(11)27-29(2)24-49(7,63)46(30(3)41(31(4)47(62)70-40)39-25-50(8,67-12)45(61)33(6)69-39)71-48-43(59)37(21-23-68-48)55(10)22-15-16-35-28-57(54-53-35)38(26-52)42(58)34-17-19-36(20-18-34)72(13,65)66/h17-20,28-33,37-46,48,58-61,63-64H,14-16,21-27H2,1-13H3/t29-,30+,31-,32-,33+,37+,38-,39?,40-,41+,42-,43-,44-,45+,46-,48+,49-,50-,51-/m1/s1. The van der Waals surface area contributed by atoms with E-state index in [-0.39, 0.29) is 36.7 Å². The smallest absolute Gasteiger partial charge is 0.309 e. The number of sulfone groups is 1. The summed E-state index contributed by atoms with van der Waals surface area (Å²) in [6.45, 7) is 15.9. The Bertz CT molecular complexity index is 2150. The highest BCUT2D eigenvalue weighted by molar-refractivity contribution is 7.90. The number of aromatic nitrogens is 3. The highest BCUT2D eigenvalue weighted by Crippen LogP contribution is 2.45. The molecule has 6 N–H and O–H groups in total. The van der Waals surface area contributed by atoms with Gasteiger partial charge >= 0.3 is 5.97 Å². The molecule has 412 valence electrons. The maximum absolute atomic E-state index is 14.6. The van der Waals surface area contributed by atoms with Gasteiger partial charge in [-0.2, -0.15) is 0 Å². The van der Waals surface area contributed by atoms with Gasteiger partial charge in [-0.05, 0) is 117 Å². The number of cyclic esters (lactones) is 1. The van der Waals surface area contributed by atoms with Crippen molar-refractivity contribution in [2.75, 3.05) is 53.8 Å². The van der Waals surface area contributed by atoms with E-state index in [9.17, 15) is 48.2 Å². The molecule has 19 nitrogen and oxygen atoms in total. The number of methoxy groups -OCH3 is 1. The normalized spacial score (nSPS) is 39.2. The molecule has 0 bridgehead atoms.